The molecular formula is C15H18ClN3O5S. The van der Waals surface area contributed by atoms with E-state index >= 15 is 0 Å². The van der Waals surface area contributed by atoms with Gasteiger partial charge in [0.25, 0.3) is 0 Å². The monoisotopic (exact) mass is 387 g/mol. The number of ether oxygens (including phenoxy) is 1. The molecule has 8 nitrogen and oxygen atoms in total. The molecule has 25 heavy (non-hydrogen) atoms. The van der Waals surface area contributed by atoms with Crippen molar-refractivity contribution in [1.82, 2.24) is 5.16 Å². The van der Waals surface area contributed by atoms with Gasteiger partial charge in [-0.1, -0.05) is 16.8 Å². The third-order valence-corrected chi connectivity index (χ3v) is 4.65. The molecule has 0 bridgehead atoms. The minimum Gasteiger partial charge on any atom is -0.495 e. The third-order valence-electron chi connectivity index (χ3n) is 3.25. The van der Waals surface area contributed by atoms with Gasteiger partial charge in [-0.2, -0.15) is 0 Å². The first-order chi connectivity index (χ1) is 11.7. The number of rotatable bonds is 7. The zero-order valence-corrected chi connectivity index (χ0v) is 15.5. The Morgan fingerprint density at radius 1 is 1.40 bits per heavy atom. The van der Waals surface area contributed by atoms with Gasteiger partial charge < -0.3 is 14.6 Å². The Bertz CT molecular complexity index is 866. The largest absolute Gasteiger partial charge is 0.495 e. The predicted molar refractivity (Wildman–Crippen MR) is 94.7 cm³/mol. The number of nitrogens with zero attached hydrogens (tertiary/aromatic N) is 2. The molecule has 1 aromatic carbocycles. The van der Waals surface area contributed by atoms with Gasteiger partial charge in [-0.15, -0.1) is 0 Å². The summed E-state index contributed by atoms with van der Waals surface area (Å²) in [4.78, 5) is 12.2. The average Bonchev–Trinajstić information content (AvgIpc) is 2.92. The fourth-order valence-electron chi connectivity index (χ4n) is 2.11. The van der Waals surface area contributed by atoms with Gasteiger partial charge in [-0.25, -0.2) is 8.42 Å². The summed E-state index contributed by atoms with van der Waals surface area (Å²) in [6, 6.07) is 6.29. The summed E-state index contributed by atoms with van der Waals surface area (Å²) < 4.78 is 34.9. The van der Waals surface area contributed by atoms with Crippen LogP contribution in [0, 0.1) is 6.92 Å². The van der Waals surface area contributed by atoms with Crippen LogP contribution in [0.1, 0.15) is 12.2 Å². The summed E-state index contributed by atoms with van der Waals surface area (Å²) in [5.74, 6) is 0.657. The van der Waals surface area contributed by atoms with Crippen molar-refractivity contribution in [1.29, 1.82) is 0 Å². The van der Waals surface area contributed by atoms with Crippen LogP contribution in [0.4, 0.5) is 11.5 Å². The van der Waals surface area contributed by atoms with Crippen LogP contribution in [0.5, 0.6) is 5.75 Å². The number of methoxy groups -OCH3 is 1. The SMILES string of the molecule is COc1ccc(Cl)cc1NC(=O)CCN(c1cc(C)on1)S(C)(=O)=O. The minimum absolute atomic E-state index is 0.0838. The number of amides is 1. The van der Waals surface area contributed by atoms with Crippen LogP contribution in [-0.4, -0.2) is 39.4 Å². The molecule has 10 heteroatoms. The first-order valence-electron chi connectivity index (χ1n) is 7.25. The standard InChI is InChI=1S/C15H18ClN3O5S/c1-10-8-14(18-24-10)19(25(3,21)22)7-6-15(20)17-12-9-11(16)4-5-13(12)23-2/h4-5,8-9H,6-7H2,1-3H3,(H,17,20). The Hall–Kier alpha value is -2.26. The molecule has 136 valence electrons. The van der Waals surface area contributed by atoms with Gasteiger partial charge in [0.15, 0.2) is 5.82 Å². The molecule has 0 aliphatic carbocycles. The zero-order valence-electron chi connectivity index (χ0n) is 13.9. The molecule has 1 heterocycles. The lowest BCUT2D eigenvalue weighted by Crippen LogP contribution is -2.33. The van der Waals surface area contributed by atoms with Crippen molar-refractivity contribution in [2.45, 2.75) is 13.3 Å². The molecule has 0 spiro atoms. The van der Waals surface area contributed by atoms with Crippen molar-refractivity contribution in [2.75, 3.05) is 29.5 Å². The summed E-state index contributed by atoms with van der Waals surface area (Å²) in [7, 11) is -2.14. The van der Waals surface area contributed by atoms with E-state index in [-0.39, 0.29) is 18.8 Å². The Kier molecular flexibility index (Phi) is 5.91. The van der Waals surface area contributed by atoms with Crippen molar-refractivity contribution in [2.24, 2.45) is 0 Å². The topological polar surface area (TPSA) is 102 Å². The summed E-state index contributed by atoms with van der Waals surface area (Å²) in [5.41, 5.74) is 0.406. The second-order valence-corrected chi connectivity index (χ2v) is 7.62. The van der Waals surface area contributed by atoms with E-state index in [9.17, 15) is 13.2 Å². The van der Waals surface area contributed by atoms with Crippen molar-refractivity contribution in [3.05, 3.63) is 35.0 Å². The zero-order chi connectivity index (χ0) is 18.6. The molecule has 0 atom stereocenters. The number of carbonyl (C=O) groups is 1. The van der Waals surface area contributed by atoms with Gasteiger partial charge in [-0.05, 0) is 25.1 Å². The molecule has 0 aliphatic heterocycles. The van der Waals surface area contributed by atoms with Gasteiger partial charge >= 0.3 is 0 Å². The first kappa shape index (κ1) is 19.1. The van der Waals surface area contributed by atoms with E-state index in [1.165, 1.54) is 13.2 Å². The van der Waals surface area contributed by atoms with E-state index in [4.69, 9.17) is 20.9 Å². The summed E-state index contributed by atoms with van der Waals surface area (Å²) in [6.45, 7) is 1.56. The number of benzene rings is 1. The molecule has 0 radical (unpaired) electrons. The molecule has 0 unspecified atom stereocenters. The van der Waals surface area contributed by atoms with Crippen LogP contribution in [0.3, 0.4) is 0 Å². The van der Waals surface area contributed by atoms with Crippen LogP contribution in [0.2, 0.25) is 5.02 Å². The number of nitrogens with one attached hydrogen (secondary N) is 1. The summed E-state index contributed by atoms with van der Waals surface area (Å²) >= 11 is 5.91. The Morgan fingerprint density at radius 2 is 2.12 bits per heavy atom. The highest BCUT2D eigenvalue weighted by Crippen LogP contribution is 2.27. The Labute approximate surface area is 150 Å². The molecule has 2 rings (SSSR count). The maximum absolute atomic E-state index is 12.2. The average molecular weight is 388 g/mol. The molecule has 0 aliphatic rings. The van der Waals surface area contributed by atoms with E-state index in [0.29, 0.717) is 22.2 Å². The molecule has 0 fully saturated rings. The van der Waals surface area contributed by atoms with E-state index in [0.717, 1.165) is 10.6 Å². The van der Waals surface area contributed by atoms with E-state index in [1.54, 1.807) is 25.1 Å². The maximum atomic E-state index is 12.2. The molecule has 2 aromatic rings. The number of aromatic nitrogens is 1. The molecule has 0 saturated heterocycles. The van der Waals surface area contributed by atoms with Gasteiger partial charge in [0.2, 0.25) is 15.9 Å². The van der Waals surface area contributed by atoms with Crippen molar-refractivity contribution < 1.29 is 22.5 Å². The number of hydrogen-bond acceptors (Lipinski definition) is 6. The second kappa shape index (κ2) is 7.75. The van der Waals surface area contributed by atoms with E-state index < -0.39 is 15.9 Å². The maximum Gasteiger partial charge on any atom is 0.233 e. The molecule has 1 N–H and O–H groups in total. The number of aryl methyl sites for hydroxylation is 1. The lowest BCUT2D eigenvalue weighted by atomic mass is 10.2. The lowest BCUT2D eigenvalue weighted by Gasteiger charge is -2.19. The quantitative estimate of drug-likeness (QED) is 0.782. The van der Waals surface area contributed by atoms with Crippen molar-refractivity contribution in [3.63, 3.8) is 0 Å². The molecule has 1 aromatic heterocycles. The van der Waals surface area contributed by atoms with E-state index in [2.05, 4.69) is 10.5 Å². The third kappa shape index (κ3) is 5.10. The lowest BCUT2D eigenvalue weighted by molar-refractivity contribution is -0.116. The smallest absolute Gasteiger partial charge is 0.233 e. The van der Waals surface area contributed by atoms with Crippen LogP contribution >= 0.6 is 11.6 Å². The number of anilines is 2. The van der Waals surface area contributed by atoms with Crippen molar-refractivity contribution in [3.8, 4) is 5.75 Å². The highest BCUT2D eigenvalue weighted by molar-refractivity contribution is 7.92. The Morgan fingerprint density at radius 3 is 2.68 bits per heavy atom. The highest BCUT2D eigenvalue weighted by Gasteiger charge is 2.22. The van der Waals surface area contributed by atoms with Crippen LogP contribution in [-0.2, 0) is 14.8 Å². The Balaban J connectivity index is 2.08. The van der Waals surface area contributed by atoms with Crippen LogP contribution in [0.15, 0.2) is 28.8 Å². The second-order valence-electron chi connectivity index (χ2n) is 5.27. The predicted octanol–water partition coefficient (Wildman–Crippen LogP) is 2.44. The van der Waals surface area contributed by atoms with Gasteiger partial charge in [-0.3, -0.25) is 9.10 Å². The number of hydrogen-bond donors (Lipinski definition) is 1. The fraction of sp³-hybridized carbons (Fsp3) is 0.333. The van der Waals surface area contributed by atoms with Gasteiger partial charge in [0.1, 0.15) is 11.5 Å². The number of halogens is 1. The van der Waals surface area contributed by atoms with E-state index in [1.807, 2.05) is 0 Å². The highest BCUT2D eigenvalue weighted by atomic mass is 35.5. The number of carbonyl (C=O) groups excluding carboxylic acids is 1. The summed E-state index contributed by atoms with van der Waals surface area (Å²) in [6.07, 6.45) is 0.948. The fourth-order valence-corrected chi connectivity index (χ4v) is 3.14. The van der Waals surface area contributed by atoms with Crippen LogP contribution in [0.25, 0.3) is 0 Å². The van der Waals surface area contributed by atoms with Crippen LogP contribution < -0.4 is 14.4 Å². The normalized spacial score (nSPS) is 11.2. The molecule has 1 amide bonds. The molecular weight excluding hydrogens is 370 g/mol. The first-order valence-corrected chi connectivity index (χ1v) is 9.47. The number of sulfonamides is 1. The van der Waals surface area contributed by atoms with Crippen molar-refractivity contribution >= 4 is 39.0 Å². The van der Waals surface area contributed by atoms with Gasteiger partial charge in [0, 0.05) is 24.1 Å². The summed E-state index contributed by atoms with van der Waals surface area (Å²) in [5, 5.41) is 6.78. The molecule has 0 saturated carbocycles. The van der Waals surface area contributed by atoms with Gasteiger partial charge in [0.05, 0.1) is 19.1 Å². The minimum atomic E-state index is -3.61.